The van der Waals surface area contributed by atoms with Crippen LogP contribution in [0, 0.1) is 17.0 Å². The van der Waals surface area contributed by atoms with E-state index in [0.29, 0.717) is 4.47 Å². The van der Waals surface area contributed by atoms with Crippen molar-refractivity contribution in [3.05, 3.63) is 32.3 Å². The molecule has 0 atom stereocenters. The van der Waals surface area contributed by atoms with Gasteiger partial charge < -0.3 is 4.90 Å². The van der Waals surface area contributed by atoms with Gasteiger partial charge in [-0.1, -0.05) is 0 Å². The van der Waals surface area contributed by atoms with Crippen molar-refractivity contribution in [1.82, 2.24) is 0 Å². The zero-order chi connectivity index (χ0) is 10.9. The summed E-state index contributed by atoms with van der Waals surface area (Å²) in [5.74, 6) is 0. The van der Waals surface area contributed by atoms with Gasteiger partial charge in [0.1, 0.15) is 0 Å². The monoisotopic (exact) mass is 258 g/mol. The Morgan fingerprint density at radius 3 is 2.43 bits per heavy atom. The van der Waals surface area contributed by atoms with Crippen molar-refractivity contribution in [3.8, 4) is 0 Å². The highest BCUT2D eigenvalue weighted by Crippen LogP contribution is 2.31. The summed E-state index contributed by atoms with van der Waals surface area (Å²) in [6, 6.07) is 3.33. The van der Waals surface area contributed by atoms with Gasteiger partial charge in [0.05, 0.1) is 9.40 Å². The molecule has 0 heterocycles. The summed E-state index contributed by atoms with van der Waals surface area (Å²) in [6.07, 6.45) is 0. The van der Waals surface area contributed by atoms with Gasteiger partial charge in [0.25, 0.3) is 5.69 Å². The molecule has 4 nitrogen and oxygen atoms in total. The molecule has 14 heavy (non-hydrogen) atoms. The van der Waals surface area contributed by atoms with Crippen LogP contribution in [0.1, 0.15) is 5.56 Å². The first-order chi connectivity index (χ1) is 6.43. The maximum Gasteiger partial charge on any atom is 0.283 e. The van der Waals surface area contributed by atoms with Crippen LogP contribution < -0.4 is 4.90 Å². The fourth-order valence-corrected chi connectivity index (χ4v) is 1.75. The molecule has 76 valence electrons. The van der Waals surface area contributed by atoms with Crippen molar-refractivity contribution in [2.75, 3.05) is 19.0 Å². The number of nitro benzene ring substituents is 1. The summed E-state index contributed by atoms with van der Waals surface area (Å²) in [6.45, 7) is 1.86. The number of hydrogen-bond acceptors (Lipinski definition) is 3. The van der Waals surface area contributed by atoms with Gasteiger partial charge in [0.2, 0.25) is 0 Å². The molecular weight excluding hydrogens is 248 g/mol. The smallest absolute Gasteiger partial charge is 0.283 e. The Bertz CT molecular complexity index is 377. The zero-order valence-corrected chi connectivity index (χ0v) is 9.83. The Morgan fingerprint density at radius 2 is 2.00 bits per heavy atom. The van der Waals surface area contributed by atoms with Gasteiger partial charge >= 0.3 is 0 Å². The SMILES string of the molecule is Cc1cc([N+](=O)[O-])c(Br)cc1N(C)C. The van der Waals surface area contributed by atoms with Crippen LogP contribution in [0.5, 0.6) is 0 Å². The van der Waals surface area contributed by atoms with E-state index < -0.39 is 4.92 Å². The zero-order valence-electron chi connectivity index (χ0n) is 8.24. The first-order valence-electron chi connectivity index (χ1n) is 4.05. The van der Waals surface area contributed by atoms with E-state index in [1.165, 1.54) is 0 Å². The fraction of sp³-hybridized carbons (Fsp3) is 0.333. The Labute approximate surface area is 90.8 Å². The minimum Gasteiger partial charge on any atom is -0.377 e. The average Bonchev–Trinajstić information content (AvgIpc) is 2.07. The second-order valence-electron chi connectivity index (χ2n) is 3.24. The van der Waals surface area contributed by atoms with Gasteiger partial charge in [-0.05, 0) is 34.5 Å². The molecule has 0 amide bonds. The molecule has 0 aliphatic carbocycles. The minimum absolute atomic E-state index is 0.105. The number of benzene rings is 1. The van der Waals surface area contributed by atoms with Crippen molar-refractivity contribution in [1.29, 1.82) is 0 Å². The molecule has 1 rings (SSSR count). The lowest BCUT2D eigenvalue weighted by molar-refractivity contribution is -0.385. The third kappa shape index (κ3) is 2.04. The van der Waals surface area contributed by atoms with Gasteiger partial charge in [0.15, 0.2) is 0 Å². The van der Waals surface area contributed by atoms with Crippen LogP contribution in [0.3, 0.4) is 0 Å². The van der Waals surface area contributed by atoms with Crippen molar-refractivity contribution < 1.29 is 4.92 Å². The maximum atomic E-state index is 10.6. The van der Waals surface area contributed by atoms with Crippen LogP contribution in [0.25, 0.3) is 0 Å². The van der Waals surface area contributed by atoms with Crippen LogP contribution in [0.2, 0.25) is 0 Å². The highest BCUT2D eigenvalue weighted by molar-refractivity contribution is 9.10. The maximum absolute atomic E-state index is 10.6. The van der Waals surface area contributed by atoms with Crippen LogP contribution in [0.15, 0.2) is 16.6 Å². The van der Waals surface area contributed by atoms with Crippen LogP contribution in [-0.4, -0.2) is 19.0 Å². The molecule has 0 fully saturated rings. The first kappa shape index (κ1) is 11.0. The molecule has 0 N–H and O–H groups in total. The second kappa shape index (κ2) is 3.96. The van der Waals surface area contributed by atoms with E-state index in [4.69, 9.17) is 0 Å². The number of anilines is 1. The standard InChI is InChI=1S/C9H11BrN2O2/c1-6-4-9(12(13)14)7(10)5-8(6)11(2)3/h4-5H,1-3H3. The van der Waals surface area contributed by atoms with E-state index in [-0.39, 0.29) is 5.69 Å². The number of halogens is 1. The quantitative estimate of drug-likeness (QED) is 0.606. The summed E-state index contributed by atoms with van der Waals surface area (Å²) in [5.41, 5.74) is 1.97. The summed E-state index contributed by atoms with van der Waals surface area (Å²) < 4.78 is 0.511. The predicted molar refractivity (Wildman–Crippen MR) is 59.9 cm³/mol. The van der Waals surface area contributed by atoms with E-state index in [9.17, 15) is 10.1 Å². The topological polar surface area (TPSA) is 46.4 Å². The average molecular weight is 259 g/mol. The van der Waals surface area contributed by atoms with E-state index in [0.717, 1.165) is 11.3 Å². The highest BCUT2D eigenvalue weighted by Gasteiger charge is 2.14. The third-order valence-corrected chi connectivity index (χ3v) is 2.58. The minimum atomic E-state index is -0.392. The number of nitro groups is 1. The molecule has 0 saturated carbocycles. The Kier molecular flexibility index (Phi) is 3.10. The number of rotatable bonds is 2. The molecular formula is C9H11BrN2O2. The lowest BCUT2D eigenvalue weighted by Crippen LogP contribution is -2.10. The molecule has 0 aliphatic rings. The van der Waals surface area contributed by atoms with Crippen molar-refractivity contribution >= 4 is 27.3 Å². The molecule has 0 aliphatic heterocycles. The van der Waals surface area contributed by atoms with Crippen LogP contribution in [-0.2, 0) is 0 Å². The molecule has 0 unspecified atom stereocenters. The van der Waals surface area contributed by atoms with E-state index in [1.807, 2.05) is 25.9 Å². The normalized spacial score (nSPS) is 10.0. The highest BCUT2D eigenvalue weighted by atomic mass is 79.9. The summed E-state index contributed by atoms with van der Waals surface area (Å²) in [7, 11) is 3.81. The van der Waals surface area contributed by atoms with Gasteiger partial charge in [-0.3, -0.25) is 10.1 Å². The van der Waals surface area contributed by atoms with Crippen molar-refractivity contribution in [2.24, 2.45) is 0 Å². The van der Waals surface area contributed by atoms with Crippen LogP contribution >= 0.6 is 15.9 Å². The molecule has 0 bridgehead atoms. The molecule has 5 heteroatoms. The Morgan fingerprint density at radius 1 is 1.43 bits per heavy atom. The van der Waals surface area contributed by atoms with Crippen LogP contribution in [0.4, 0.5) is 11.4 Å². The van der Waals surface area contributed by atoms with Gasteiger partial charge in [-0.2, -0.15) is 0 Å². The predicted octanol–water partition coefficient (Wildman–Crippen LogP) is 2.73. The van der Waals surface area contributed by atoms with E-state index in [1.54, 1.807) is 12.1 Å². The molecule has 0 aromatic heterocycles. The number of hydrogen-bond donors (Lipinski definition) is 0. The lowest BCUT2D eigenvalue weighted by atomic mass is 10.1. The second-order valence-corrected chi connectivity index (χ2v) is 4.10. The first-order valence-corrected chi connectivity index (χ1v) is 4.84. The molecule has 1 aromatic carbocycles. The van der Waals surface area contributed by atoms with Crippen molar-refractivity contribution in [3.63, 3.8) is 0 Å². The van der Waals surface area contributed by atoms with Gasteiger partial charge in [-0.25, -0.2) is 0 Å². The molecule has 0 saturated heterocycles. The Hall–Kier alpha value is -1.10. The number of nitrogens with zero attached hydrogens (tertiary/aromatic N) is 2. The fourth-order valence-electron chi connectivity index (χ4n) is 1.28. The molecule has 0 spiro atoms. The third-order valence-electron chi connectivity index (χ3n) is 1.94. The van der Waals surface area contributed by atoms with Gasteiger partial charge in [0, 0.05) is 25.8 Å². The summed E-state index contributed by atoms with van der Waals surface area (Å²) >= 11 is 3.18. The molecule has 0 radical (unpaired) electrons. The molecule has 1 aromatic rings. The largest absolute Gasteiger partial charge is 0.377 e. The Balaban J connectivity index is 3.31. The summed E-state index contributed by atoms with van der Waals surface area (Å²) in [5, 5.41) is 10.6. The summed E-state index contributed by atoms with van der Waals surface area (Å²) in [4.78, 5) is 12.1. The van der Waals surface area contributed by atoms with Gasteiger partial charge in [-0.15, -0.1) is 0 Å². The van der Waals surface area contributed by atoms with Crippen molar-refractivity contribution in [2.45, 2.75) is 6.92 Å². The number of aryl methyl sites for hydroxylation is 1. The van der Waals surface area contributed by atoms with E-state index >= 15 is 0 Å². The lowest BCUT2D eigenvalue weighted by Gasteiger charge is -2.15. The van der Waals surface area contributed by atoms with E-state index in [2.05, 4.69) is 15.9 Å².